The molecule has 0 fully saturated rings. The summed E-state index contributed by atoms with van der Waals surface area (Å²) >= 11 is 9.04. The van der Waals surface area contributed by atoms with Gasteiger partial charge >= 0.3 is 5.97 Å². The summed E-state index contributed by atoms with van der Waals surface area (Å²) in [6.07, 6.45) is 0. The van der Waals surface area contributed by atoms with Gasteiger partial charge in [-0.2, -0.15) is 0 Å². The molecule has 14 heavy (non-hydrogen) atoms. The minimum atomic E-state index is -1.44. The number of rotatable bonds is 2. The normalized spacial score (nSPS) is 14.9. The van der Waals surface area contributed by atoms with Crippen molar-refractivity contribution in [3.63, 3.8) is 0 Å². The first-order valence-electron chi connectivity index (χ1n) is 3.84. The van der Waals surface area contributed by atoms with Gasteiger partial charge in [-0.1, -0.05) is 23.7 Å². The Morgan fingerprint density at radius 1 is 1.64 bits per heavy atom. The molecule has 0 spiro atoms. The lowest BCUT2D eigenvalue weighted by Crippen LogP contribution is -2.42. The fraction of sp³-hybridized carbons (Fsp3) is 0.222. The van der Waals surface area contributed by atoms with Crippen LogP contribution < -0.4 is 5.73 Å². The highest BCUT2D eigenvalue weighted by molar-refractivity contribution is 9.10. The molecule has 0 heterocycles. The molecule has 0 aliphatic heterocycles. The Morgan fingerprint density at radius 2 is 2.21 bits per heavy atom. The average Bonchev–Trinajstić information content (AvgIpc) is 2.09. The lowest BCUT2D eigenvalue weighted by atomic mass is 9.93. The van der Waals surface area contributed by atoms with Crippen molar-refractivity contribution in [3.8, 4) is 0 Å². The van der Waals surface area contributed by atoms with Crippen LogP contribution in [0, 0.1) is 0 Å². The maximum Gasteiger partial charge on any atom is 0.328 e. The van der Waals surface area contributed by atoms with Crippen molar-refractivity contribution in [1.29, 1.82) is 0 Å². The maximum atomic E-state index is 10.9. The van der Waals surface area contributed by atoms with Crippen LogP contribution in [0.3, 0.4) is 0 Å². The first-order valence-corrected chi connectivity index (χ1v) is 5.01. The number of carboxylic acids is 1. The largest absolute Gasteiger partial charge is 0.480 e. The fourth-order valence-electron chi connectivity index (χ4n) is 1.02. The molecule has 1 atom stereocenters. The van der Waals surface area contributed by atoms with Gasteiger partial charge in [0.2, 0.25) is 0 Å². The molecule has 0 radical (unpaired) electrons. The molecule has 3 N–H and O–H groups in total. The van der Waals surface area contributed by atoms with Crippen LogP contribution in [-0.4, -0.2) is 11.1 Å². The quantitative estimate of drug-likeness (QED) is 0.873. The molecular weight excluding hydrogens is 269 g/mol. The van der Waals surface area contributed by atoms with Crippen molar-refractivity contribution >= 4 is 33.5 Å². The molecule has 1 aromatic rings. The van der Waals surface area contributed by atoms with Crippen LogP contribution in [0.25, 0.3) is 0 Å². The van der Waals surface area contributed by atoms with E-state index in [-0.39, 0.29) is 0 Å². The Balaban J connectivity index is 3.33. The second-order valence-corrected chi connectivity index (χ2v) is 4.31. The summed E-state index contributed by atoms with van der Waals surface area (Å²) in [5.41, 5.74) is 4.68. The zero-order chi connectivity index (χ0) is 10.9. The summed E-state index contributed by atoms with van der Waals surface area (Å²) in [5.74, 6) is -1.10. The molecule has 3 nitrogen and oxygen atoms in total. The Labute approximate surface area is 95.0 Å². The van der Waals surface area contributed by atoms with Gasteiger partial charge in [-0.15, -0.1) is 0 Å². The van der Waals surface area contributed by atoms with E-state index in [1.807, 2.05) is 0 Å². The molecule has 0 aliphatic rings. The van der Waals surface area contributed by atoms with Gasteiger partial charge in [-0.25, -0.2) is 4.79 Å². The predicted molar refractivity (Wildman–Crippen MR) is 58.3 cm³/mol. The monoisotopic (exact) mass is 277 g/mol. The third-order valence-corrected chi connectivity index (χ3v) is 3.35. The lowest BCUT2D eigenvalue weighted by Gasteiger charge is -2.21. The van der Waals surface area contributed by atoms with E-state index in [0.29, 0.717) is 15.1 Å². The van der Waals surface area contributed by atoms with Crippen molar-refractivity contribution in [3.05, 3.63) is 33.3 Å². The second-order valence-electron chi connectivity index (χ2n) is 3.11. The third-order valence-electron chi connectivity index (χ3n) is 1.96. The minimum absolute atomic E-state index is 0.445. The van der Waals surface area contributed by atoms with Crippen LogP contribution in [0.15, 0.2) is 22.7 Å². The van der Waals surface area contributed by atoms with E-state index in [1.165, 1.54) is 6.92 Å². The van der Waals surface area contributed by atoms with Gasteiger partial charge in [0.05, 0.1) is 5.02 Å². The fourth-order valence-corrected chi connectivity index (χ4v) is 1.87. The van der Waals surface area contributed by atoms with E-state index in [9.17, 15) is 4.79 Å². The highest BCUT2D eigenvalue weighted by Crippen LogP contribution is 2.32. The number of nitrogens with two attached hydrogens (primary N) is 1. The number of carboxylic acid groups (broad SMARTS) is 1. The van der Waals surface area contributed by atoms with Gasteiger partial charge in [0.25, 0.3) is 0 Å². The third kappa shape index (κ3) is 1.92. The first kappa shape index (κ1) is 11.5. The average molecular weight is 279 g/mol. The van der Waals surface area contributed by atoms with Gasteiger partial charge in [0.15, 0.2) is 0 Å². The van der Waals surface area contributed by atoms with Gasteiger partial charge in [0.1, 0.15) is 5.54 Å². The summed E-state index contributed by atoms with van der Waals surface area (Å²) in [6, 6.07) is 4.95. The van der Waals surface area contributed by atoms with E-state index in [2.05, 4.69) is 15.9 Å². The molecule has 0 saturated heterocycles. The number of halogens is 2. The minimum Gasteiger partial charge on any atom is -0.480 e. The molecule has 0 amide bonds. The maximum absolute atomic E-state index is 10.9. The van der Waals surface area contributed by atoms with E-state index >= 15 is 0 Å². The second kappa shape index (κ2) is 3.88. The van der Waals surface area contributed by atoms with Crippen LogP contribution >= 0.6 is 27.5 Å². The highest BCUT2D eigenvalue weighted by atomic mass is 79.9. The zero-order valence-electron chi connectivity index (χ0n) is 7.42. The van der Waals surface area contributed by atoms with Crippen molar-refractivity contribution in [2.45, 2.75) is 12.5 Å². The topological polar surface area (TPSA) is 63.3 Å². The zero-order valence-corrected chi connectivity index (χ0v) is 9.76. The summed E-state index contributed by atoms with van der Waals surface area (Å²) < 4.78 is 0.522. The summed E-state index contributed by atoms with van der Waals surface area (Å²) in [5, 5.41) is 9.37. The summed E-state index contributed by atoms with van der Waals surface area (Å²) in [7, 11) is 0. The highest BCUT2D eigenvalue weighted by Gasteiger charge is 2.32. The number of hydrogen-bond donors (Lipinski definition) is 2. The van der Waals surface area contributed by atoms with E-state index in [1.54, 1.807) is 18.2 Å². The van der Waals surface area contributed by atoms with Gasteiger partial charge in [-0.05, 0) is 34.5 Å². The molecule has 0 aliphatic carbocycles. The van der Waals surface area contributed by atoms with Gasteiger partial charge in [-0.3, -0.25) is 0 Å². The van der Waals surface area contributed by atoms with Crippen LogP contribution in [-0.2, 0) is 10.3 Å². The lowest BCUT2D eigenvalue weighted by molar-refractivity contribution is -0.143. The van der Waals surface area contributed by atoms with Gasteiger partial charge in [0, 0.05) is 4.47 Å². The van der Waals surface area contributed by atoms with Crippen LogP contribution in [0.4, 0.5) is 0 Å². The first-order chi connectivity index (χ1) is 6.37. The van der Waals surface area contributed by atoms with Crippen molar-refractivity contribution in [2.75, 3.05) is 0 Å². The smallest absolute Gasteiger partial charge is 0.328 e. The van der Waals surface area contributed by atoms with E-state index < -0.39 is 11.5 Å². The summed E-state index contributed by atoms with van der Waals surface area (Å²) in [6.45, 7) is 1.42. The molecule has 0 aromatic heterocycles. The Kier molecular flexibility index (Phi) is 3.19. The number of benzene rings is 1. The predicted octanol–water partition coefficient (Wildman–Crippen LogP) is 2.36. The van der Waals surface area contributed by atoms with Crippen molar-refractivity contribution in [2.24, 2.45) is 5.73 Å². The van der Waals surface area contributed by atoms with Crippen LogP contribution in [0.5, 0.6) is 0 Å². The van der Waals surface area contributed by atoms with E-state index in [4.69, 9.17) is 22.4 Å². The SMILES string of the molecule is C[C@](N)(C(=O)O)c1cccc(Cl)c1Br. The molecule has 76 valence electrons. The van der Waals surface area contributed by atoms with E-state index in [0.717, 1.165) is 0 Å². The van der Waals surface area contributed by atoms with Crippen LogP contribution in [0.2, 0.25) is 5.02 Å². The Hall–Kier alpha value is -0.580. The van der Waals surface area contributed by atoms with Gasteiger partial charge < -0.3 is 10.8 Å². The van der Waals surface area contributed by atoms with Crippen LogP contribution in [0.1, 0.15) is 12.5 Å². The number of hydrogen-bond acceptors (Lipinski definition) is 2. The molecule has 5 heteroatoms. The molecule has 1 rings (SSSR count). The Bertz CT molecular complexity index is 379. The molecule has 0 saturated carbocycles. The molecule has 0 unspecified atom stereocenters. The number of carbonyl (C=O) groups is 1. The van der Waals surface area contributed by atoms with Crippen molar-refractivity contribution < 1.29 is 9.90 Å². The summed E-state index contributed by atoms with van der Waals surface area (Å²) in [4.78, 5) is 10.9. The molecular formula is C9H9BrClNO2. The Morgan fingerprint density at radius 3 is 2.71 bits per heavy atom. The standard InChI is InChI=1S/C9H9BrClNO2/c1-9(12,8(13)14)5-3-2-4-6(11)7(5)10/h2-4H,12H2,1H3,(H,13,14)/t9-/m1/s1. The number of aliphatic carboxylic acids is 1. The van der Waals surface area contributed by atoms with Crippen molar-refractivity contribution in [1.82, 2.24) is 0 Å². The molecule has 1 aromatic carbocycles. The molecule has 0 bridgehead atoms.